The van der Waals surface area contributed by atoms with Crippen molar-refractivity contribution in [3.05, 3.63) is 29.3 Å². The van der Waals surface area contributed by atoms with Gasteiger partial charge < -0.3 is 10.5 Å². The molecule has 0 saturated heterocycles. The lowest BCUT2D eigenvalue weighted by atomic mass is 10.1. The molecule has 0 bridgehead atoms. The summed E-state index contributed by atoms with van der Waals surface area (Å²) >= 11 is 0. The van der Waals surface area contributed by atoms with Gasteiger partial charge in [0, 0.05) is 12.1 Å². The first-order chi connectivity index (χ1) is 8.16. The number of ether oxygens (including phenoxy) is 1. The molecule has 0 fully saturated rings. The molecule has 1 rings (SSSR count). The molecule has 0 aliphatic carbocycles. The molecule has 2 N–H and O–H groups in total. The van der Waals surface area contributed by atoms with E-state index in [1.54, 1.807) is 25.1 Å². The van der Waals surface area contributed by atoms with E-state index in [4.69, 9.17) is 15.7 Å². The first kappa shape index (κ1) is 13.0. The summed E-state index contributed by atoms with van der Waals surface area (Å²) in [5, 5.41) is 8.35. The van der Waals surface area contributed by atoms with Gasteiger partial charge in [0.2, 0.25) is 0 Å². The minimum Gasteiger partial charge on any atom is -0.462 e. The number of hydrogen-bond acceptors (Lipinski definition) is 4. The highest BCUT2D eigenvalue weighted by Crippen LogP contribution is 2.16. The van der Waals surface area contributed by atoms with E-state index in [2.05, 4.69) is 0 Å². The number of unbranched alkanes of at least 4 members (excludes halogenated alkanes) is 2. The summed E-state index contributed by atoms with van der Waals surface area (Å²) in [5.41, 5.74) is 7.55. The van der Waals surface area contributed by atoms with Gasteiger partial charge in [0.25, 0.3) is 0 Å². The van der Waals surface area contributed by atoms with Crippen LogP contribution in [-0.4, -0.2) is 12.6 Å². The molecule has 0 aliphatic rings. The smallest absolute Gasteiger partial charge is 0.338 e. The van der Waals surface area contributed by atoms with E-state index < -0.39 is 0 Å². The number of carbonyl (C=O) groups excluding carboxylic acids is 1. The Balaban J connectivity index is 2.48. The van der Waals surface area contributed by atoms with Crippen LogP contribution in [0.3, 0.4) is 0 Å². The monoisotopic (exact) mass is 232 g/mol. The zero-order valence-corrected chi connectivity index (χ0v) is 9.90. The normalized spacial score (nSPS) is 9.65. The molecule has 0 radical (unpaired) electrons. The van der Waals surface area contributed by atoms with Gasteiger partial charge in [-0.1, -0.05) is 6.07 Å². The minimum absolute atomic E-state index is 0.342. The maximum atomic E-state index is 11.7. The maximum absolute atomic E-state index is 11.7. The number of nitrogen functional groups attached to an aromatic ring is 1. The molecule has 0 heterocycles. The number of esters is 1. The summed E-state index contributed by atoms with van der Waals surface area (Å²) in [4.78, 5) is 11.7. The topological polar surface area (TPSA) is 76.1 Å². The van der Waals surface area contributed by atoms with Crippen LogP contribution in [0.2, 0.25) is 0 Å². The number of carbonyl (C=O) groups is 1. The Bertz CT molecular complexity index is 436. The average molecular weight is 232 g/mol. The Morgan fingerprint density at radius 2 is 2.24 bits per heavy atom. The molecule has 0 amide bonds. The van der Waals surface area contributed by atoms with Crippen molar-refractivity contribution in [3.63, 3.8) is 0 Å². The second-order valence-electron chi connectivity index (χ2n) is 3.77. The lowest BCUT2D eigenvalue weighted by Gasteiger charge is -2.08. The maximum Gasteiger partial charge on any atom is 0.338 e. The predicted molar refractivity (Wildman–Crippen MR) is 65.3 cm³/mol. The van der Waals surface area contributed by atoms with Crippen LogP contribution in [0.4, 0.5) is 5.69 Å². The molecule has 90 valence electrons. The highest BCUT2D eigenvalue weighted by atomic mass is 16.5. The van der Waals surface area contributed by atoms with Crippen molar-refractivity contribution in [3.8, 4) is 6.07 Å². The fourth-order valence-electron chi connectivity index (χ4n) is 1.42. The van der Waals surface area contributed by atoms with Gasteiger partial charge in [-0.25, -0.2) is 4.79 Å². The number of rotatable bonds is 5. The molecule has 0 spiro atoms. The van der Waals surface area contributed by atoms with Gasteiger partial charge >= 0.3 is 5.97 Å². The molecule has 0 aromatic heterocycles. The third-order valence-corrected chi connectivity index (χ3v) is 2.51. The predicted octanol–water partition coefficient (Wildman–Crippen LogP) is 2.43. The molecule has 1 aromatic rings. The summed E-state index contributed by atoms with van der Waals surface area (Å²) in [7, 11) is 0. The number of hydrogen-bond donors (Lipinski definition) is 1. The van der Waals surface area contributed by atoms with Gasteiger partial charge in [0.05, 0.1) is 18.2 Å². The van der Waals surface area contributed by atoms with Crippen LogP contribution in [0, 0.1) is 18.3 Å². The standard InChI is InChI=1S/C13H16N2O2/c1-10-11(6-5-7-12(10)15)13(16)17-9-4-2-3-8-14/h5-7H,2-4,9,15H2,1H3. The zero-order chi connectivity index (χ0) is 12.7. The third-order valence-electron chi connectivity index (χ3n) is 2.51. The number of anilines is 1. The Morgan fingerprint density at radius 1 is 1.47 bits per heavy atom. The fraction of sp³-hybridized carbons (Fsp3) is 0.385. The molecule has 0 unspecified atom stereocenters. The highest BCUT2D eigenvalue weighted by Gasteiger charge is 2.11. The van der Waals surface area contributed by atoms with Crippen molar-refractivity contribution in [1.82, 2.24) is 0 Å². The van der Waals surface area contributed by atoms with Gasteiger partial charge in [-0.2, -0.15) is 5.26 Å². The van der Waals surface area contributed by atoms with E-state index >= 15 is 0 Å². The first-order valence-electron chi connectivity index (χ1n) is 5.56. The van der Waals surface area contributed by atoms with Gasteiger partial charge in [-0.05, 0) is 37.5 Å². The fourth-order valence-corrected chi connectivity index (χ4v) is 1.42. The second kappa shape index (κ2) is 6.54. The Kier molecular flexibility index (Phi) is 5.02. The van der Waals surface area contributed by atoms with Gasteiger partial charge in [0.15, 0.2) is 0 Å². The Morgan fingerprint density at radius 3 is 2.94 bits per heavy atom. The van der Waals surface area contributed by atoms with Crippen LogP contribution in [0.15, 0.2) is 18.2 Å². The van der Waals surface area contributed by atoms with E-state index in [1.807, 2.05) is 6.07 Å². The number of nitrogens with zero attached hydrogens (tertiary/aromatic N) is 1. The average Bonchev–Trinajstić information content (AvgIpc) is 2.32. The van der Waals surface area contributed by atoms with Crippen LogP contribution in [0.25, 0.3) is 0 Å². The van der Waals surface area contributed by atoms with Crippen LogP contribution in [0.5, 0.6) is 0 Å². The van der Waals surface area contributed by atoms with Crippen molar-refractivity contribution in [2.24, 2.45) is 0 Å². The van der Waals surface area contributed by atoms with Gasteiger partial charge in [0.1, 0.15) is 0 Å². The SMILES string of the molecule is Cc1c(N)cccc1C(=O)OCCCCC#N. The van der Waals surface area contributed by atoms with Gasteiger partial charge in [-0.3, -0.25) is 0 Å². The Labute approximate surface area is 101 Å². The van der Waals surface area contributed by atoms with E-state index in [-0.39, 0.29) is 5.97 Å². The van der Waals surface area contributed by atoms with Crippen molar-refractivity contribution < 1.29 is 9.53 Å². The zero-order valence-electron chi connectivity index (χ0n) is 9.90. The van der Waals surface area contributed by atoms with Crippen molar-refractivity contribution in [2.45, 2.75) is 26.2 Å². The number of benzene rings is 1. The quantitative estimate of drug-likeness (QED) is 0.480. The van der Waals surface area contributed by atoms with Crippen molar-refractivity contribution in [2.75, 3.05) is 12.3 Å². The van der Waals surface area contributed by atoms with E-state index in [1.165, 1.54) is 0 Å². The van der Waals surface area contributed by atoms with Crippen molar-refractivity contribution in [1.29, 1.82) is 5.26 Å². The molecule has 4 heteroatoms. The van der Waals surface area contributed by atoms with Gasteiger partial charge in [-0.15, -0.1) is 0 Å². The largest absolute Gasteiger partial charge is 0.462 e. The van der Waals surface area contributed by atoms with E-state index in [9.17, 15) is 4.79 Å². The van der Waals surface area contributed by atoms with Crippen LogP contribution < -0.4 is 5.73 Å². The van der Waals surface area contributed by atoms with E-state index in [0.717, 1.165) is 12.0 Å². The lowest BCUT2D eigenvalue weighted by Crippen LogP contribution is -2.09. The number of nitriles is 1. The molecule has 1 aromatic carbocycles. The summed E-state index contributed by atoms with van der Waals surface area (Å²) in [5.74, 6) is -0.355. The molecule has 0 atom stereocenters. The molecular formula is C13H16N2O2. The van der Waals surface area contributed by atoms with Crippen molar-refractivity contribution >= 4 is 11.7 Å². The van der Waals surface area contributed by atoms with Crippen LogP contribution in [0.1, 0.15) is 35.2 Å². The minimum atomic E-state index is -0.355. The first-order valence-corrected chi connectivity index (χ1v) is 5.56. The summed E-state index contributed by atoms with van der Waals surface area (Å²) in [6, 6.07) is 7.22. The molecule has 0 saturated carbocycles. The van der Waals surface area contributed by atoms with Crippen LogP contribution >= 0.6 is 0 Å². The van der Waals surface area contributed by atoms with E-state index in [0.29, 0.717) is 30.7 Å². The summed E-state index contributed by atoms with van der Waals surface area (Å²) in [6.07, 6.45) is 1.95. The summed E-state index contributed by atoms with van der Waals surface area (Å²) in [6.45, 7) is 2.14. The lowest BCUT2D eigenvalue weighted by molar-refractivity contribution is 0.0498. The highest BCUT2D eigenvalue weighted by molar-refractivity contribution is 5.92. The number of nitrogens with two attached hydrogens (primary N) is 1. The Hall–Kier alpha value is -2.02. The molecule has 4 nitrogen and oxygen atoms in total. The molecule has 0 aliphatic heterocycles. The second-order valence-corrected chi connectivity index (χ2v) is 3.77. The van der Waals surface area contributed by atoms with Crippen LogP contribution in [-0.2, 0) is 4.74 Å². The molecule has 17 heavy (non-hydrogen) atoms. The molecular weight excluding hydrogens is 216 g/mol. The summed E-state index contributed by atoms with van der Waals surface area (Å²) < 4.78 is 5.11. The third kappa shape index (κ3) is 3.80.